The number of anilines is 1. The van der Waals surface area contributed by atoms with Crippen molar-refractivity contribution in [2.24, 2.45) is 0 Å². The number of nitrogens with zero attached hydrogens (tertiary/aromatic N) is 2. The molecule has 0 bridgehead atoms. The van der Waals surface area contributed by atoms with E-state index in [9.17, 15) is 18.0 Å². The number of hydrogen-bond donors (Lipinski definition) is 1. The zero-order valence-electron chi connectivity index (χ0n) is 21.1. The first-order valence-corrected chi connectivity index (χ1v) is 13.5. The Morgan fingerprint density at radius 1 is 1.00 bits per heavy atom. The molecule has 7 nitrogen and oxygen atoms in total. The minimum absolute atomic E-state index is 0.211. The molecule has 1 atom stereocenters. The van der Waals surface area contributed by atoms with E-state index in [0.717, 1.165) is 39.2 Å². The van der Waals surface area contributed by atoms with Crippen LogP contribution in [0.3, 0.4) is 0 Å². The summed E-state index contributed by atoms with van der Waals surface area (Å²) < 4.78 is 26.6. The second kappa shape index (κ2) is 12.0. The average molecular weight is 488 g/mol. The zero-order valence-corrected chi connectivity index (χ0v) is 21.9. The predicted octanol–water partition coefficient (Wildman–Crippen LogP) is 3.71. The summed E-state index contributed by atoms with van der Waals surface area (Å²) in [6.45, 7) is 9.81. The normalized spacial score (nSPS) is 12.2. The predicted molar refractivity (Wildman–Crippen MR) is 137 cm³/mol. The van der Waals surface area contributed by atoms with Gasteiger partial charge in [0.15, 0.2) is 0 Å². The standard InChI is InChI=1S/C26H37N3O4S/c1-7-14-27-26(31)23(8-2)28(17-22-11-9-10-19(3)15-22)25(30)18-29(34(6,32)33)24-16-20(4)12-13-21(24)5/h9-13,15-16,23H,7-8,14,17-18H2,1-6H3,(H,27,31). The van der Waals surface area contributed by atoms with Gasteiger partial charge in [0.1, 0.15) is 12.6 Å². The van der Waals surface area contributed by atoms with Gasteiger partial charge >= 0.3 is 0 Å². The lowest BCUT2D eigenvalue weighted by molar-refractivity contribution is -0.140. The van der Waals surface area contributed by atoms with Gasteiger partial charge in [-0.05, 0) is 56.4 Å². The van der Waals surface area contributed by atoms with Crippen LogP contribution in [0.2, 0.25) is 0 Å². The van der Waals surface area contributed by atoms with Gasteiger partial charge in [-0.2, -0.15) is 0 Å². The molecule has 2 aromatic carbocycles. The lowest BCUT2D eigenvalue weighted by Gasteiger charge is -2.33. The van der Waals surface area contributed by atoms with E-state index in [4.69, 9.17) is 0 Å². The second-order valence-electron chi connectivity index (χ2n) is 8.79. The first-order chi connectivity index (χ1) is 16.0. The highest BCUT2D eigenvalue weighted by molar-refractivity contribution is 7.92. The van der Waals surface area contributed by atoms with E-state index in [1.54, 1.807) is 6.07 Å². The second-order valence-corrected chi connectivity index (χ2v) is 10.7. The van der Waals surface area contributed by atoms with Gasteiger partial charge in [0, 0.05) is 13.1 Å². The van der Waals surface area contributed by atoms with Gasteiger partial charge in [-0.1, -0.05) is 55.8 Å². The van der Waals surface area contributed by atoms with Crippen molar-refractivity contribution < 1.29 is 18.0 Å². The van der Waals surface area contributed by atoms with Crippen LogP contribution in [-0.4, -0.2) is 50.5 Å². The largest absolute Gasteiger partial charge is 0.354 e. The van der Waals surface area contributed by atoms with Gasteiger partial charge in [-0.15, -0.1) is 0 Å². The molecular weight excluding hydrogens is 450 g/mol. The van der Waals surface area contributed by atoms with E-state index >= 15 is 0 Å². The van der Waals surface area contributed by atoms with Crippen LogP contribution in [0.5, 0.6) is 0 Å². The van der Waals surface area contributed by atoms with E-state index in [0.29, 0.717) is 18.7 Å². The first-order valence-electron chi connectivity index (χ1n) is 11.7. The molecule has 0 aliphatic heterocycles. The summed E-state index contributed by atoms with van der Waals surface area (Å²) in [7, 11) is -3.75. The molecule has 0 aromatic heterocycles. The van der Waals surface area contributed by atoms with Crippen molar-refractivity contribution in [1.82, 2.24) is 10.2 Å². The number of benzene rings is 2. The summed E-state index contributed by atoms with van der Waals surface area (Å²) in [6, 6.07) is 12.5. The quantitative estimate of drug-likeness (QED) is 0.523. The van der Waals surface area contributed by atoms with Crippen LogP contribution in [-0.2, 0) is 26.2 Å². The number of sulfonamides is 1. The fourth-order valence-corrected chi connectivity index (χ4v) is 4.77. The Kier molecular flexibility index (Phi) is 9.67. The number of rotatable bonds is 11. The molecule has 2 rings (SSSR count). The van der Waals surface area contributed by atoms with Crippen LogP contribution in [0.1, 0.15) is 48.9 Å². The molecule has 8 heteroatoms. The Bertz CT molecular complexity index is 1110. The van der Waals surface area contributed by atoms with Crippen LogP contribution in [0.25, 0.3) is 0 Å². The zero-order chi connectivity index (χ0) is 25.5. The Labute approximate surface area is 204 Å². The maximum Gasteiger partial charge on any atom is 0.244 e. The Morgan fingerprint density at radius 2 is 1.68 bits per heavy atom. The third-order valence-electron chi connectivity index (χ3n) is 5.68. The van der Waals surface area contributed by atoms with Crippen molar-refractivity contribution in [3.8, 4) is 0 Å². The number of aryl methyl sites for hydroxylation is 3. The van der Waals surface area contributed by atoms with Crippen LogP contribution < -0.4 is 9.62 Å². The van der Waals surface area contributed by atoms with Gasteiger partial charge in [0.2, 0.25) is 21.8 Å². The lowest BCUT2D eigenvalue weighted by atomic mass is 10.1. The molecule has 1 N–H and O–H groups in total. The summed E-state index contributed by atoms with van der Waals surface area (Å²) in [5, 5.41) is 2.88. The lowest BCUT2D eigenvalue weighted by Crippen LogP contribution is -2.52. The molecule has 2 amide bonds. The van der Waals surface area contributed by atoms with E-state index in [1.807, 2.05) is 71.0 Å². The molecule has 0 heterocycles. The number of carbonyl (C=O) groups excluding carboxylic acids is 2. The van der Waals surface area contributed by atoms with Crippen molar-refractivity contribution in [3.63, 3.8) is 0 Å². The van der Waals surface area contributed by atoms with Gasteiger partial charge in [-0.3, -0.25) is 13.9 Å². The monoisotopic (exact) mass is 487 g/mol. The highest BCUT2D eigenvalue weighted by Crippen LogP contribution is 2.25. The minimum atomic E-state index is -3.75. The molecule has 0 radical (unpaired) electrons. The van der Waals surface area contributed by atoms with Crippen LogP contribution >= 0.6 is 0 Å². The molecular formula is C26H37N3O4S. The molecule has 1 unspecified atom stereocenters. The van der Waals surface area contributed by atoms with Crippen LogP contribution in [0.15, 0.2) is 42.5 Å². The third kappa shape index (κ3) is 7.32. The van der Waals surface area contributed by atoms with Gasteiger partial charge in [0.25, 0.3) is 0 Å². The van der Waals surface area contributed by atoms with E-state index in [1.165, 1.54) is 4.90 Å². The number of carbonyl (C=O) groups is 2. The Balaban J connectivity index is 2.47. The number of hydrogen-bond acceptors (Lipinski definition) is 4. The van der Waals surface area contributed by atoms with E-state index < -0.39 is 22.0 Å². The smallest absolute Gasteiger partial charge is 0.244 e. The maximum atomic E-state index is 13.7. The summed E-state index contributed by atoms with van der Waals surface area (Å²) in [4.78, 5) is 28.1. The highest BCUT2D eigenvalue weighted by atomic mass is 32.2. The molecule has 0 spiro atoms. The van der Waals surface area contributed by atoms with Crippen molar-refractivity contribution in [3.05, 3.63) is 64.7 Å². The molecule has 0 saturated carbocycles. The fraction of sp³-hybridized carbons (Fsp3) is 0.462. The Hall–Kier alpha value is -2.87. The summed E-state index contributed by atoms with van der Waals surface area (Å²) in [6.07, 6.45) is 2.29. The van der Waals surface area contributed by atoms with Crippen molar-refractivity contribution in [1.29, 1.82) is 0 Å². The Morgan fingerprint density at radius 3 is 2.26 bits per heavy atom. The van der Waals surface area contributed by atoms with Crippen molar-refractivity contribution in [2.45, 2.75) is 60.0 Å². The topological polar surface area (TPSA) is 86.8 Å². The third-order valence-corrected chi connectivity index (χ3v) is 6.81. The summed E-state index contributed by atoms with van der Waals surface area (Å²) >= 11 is 0. The maximum absolute atomic E-state index is 13.7. The van der Waals surface area contributed by atoms with Gasteiger partial charge in [0.05, 0.1) is 11.9 Å². The molecule has 0 saturated heterocycles. The number of nitrogens with one attached hydrogen (secondary N) is 1. The van der Waals surface area contributed by atoms with Gasteiger partial charge < -0.3 is 10.2 Å². The van der Waals surface area contributed by atoms with Crippen molar-refractivity contribution in [2.75, 3.05) is 23.7 Å². The van der Waals surface area contributed by atoms with Crippen molar-refractivity contribution >= 4 is 27.5 Å². The van der Waals surface area contributed by atoms with Crippen LogP contribution in [0, 0.1) is 20.8 Å². The fourth-order valence-electron chi connectivity index (χ4n) is 3.88. The molecule has 2 aromatic rings. The highest BCUT2D eigenvalue weighted by Gasteiger charge is 2.32. The van der Waals surface area contributed by atoms with E-state index in [-0.39, 0.29) is 19.0 Å². The van der Waals surface area contributed by atoms with Crippen LogP contribution in [0.4, 0.5) is 5.69 Å². The van der Waals surface area contributed by atoms with Gasteiger partial charge in [-0.25, -0.2) is 8.42 Å². The number of amides is 2. The average Bonchev–Trinajstić information content (AvgIpc) is 2.76. The van der Waals surface area contributed by atoms with E-state index in [2.05, 4.69) is 5.32 Å². The SMILES string of the molecule is CCCNC(=O)C(CC)N(Cc1cccc(C)c1)C(=O)CN(c1cc(C)ccc1C)S(C)(=O)=O. The summed E-state index contributed by atoms with van der Waals surface area (Å²) in [5.74, 6) is -0.658. The molecule has 34 heavy (non-hydrogen) atoms. The molecule has 186 valence electrons. The minimum Gasteiger partial charge on any atom is -0.354 e. The molecule has 0 aliphatic carbocycles. The molecule has 0 fully saturated rings. The first kappa shape index (κ1) is 27.4. The molecule has 0 aliphatic rings. The summed E-state index contributed by atoms with van der Waals surface area (Å²) in [5.41, 5.74) is 4.04.